The Balaban J connectivity index is 1.63. The van der Waals surface area contributed by atoms with Gasteiger partial charge in [0, 0.05) is 31.3 Å². The molecule has 32 heavy (non-hydrogen) atoms. The standard InChI is InChI=1S/C23H27N7O2/c1-15(2)23(3,19-7-5-16(6-8-19)17-11-25-22(24)26-12-17)21-28-20(32-29-21)18-13-27-30(14-18)9-10-31-4/h5-8,11-15H,9-10H2,1-4H3,(H2,24,25,26)/t23-/m1/s1. The van der Waals surface area contributed by atoms with Gasteiger partial charge in [-0.3, -0.25) is 4.68 Å². The van der Waals surface area contributed by atoms with Crippen LogP contribution in [0.25, 0.3) is 22.6 Å². The monoisotopic (exact) mass is 433 g/mol. The number of ether oxygens (including phenoxy) is 1. The number of anilines is 1. The number of nitrogens with two attached hydrogens (primary N) is 1. The third kappa shape index (κ3) is 4.11. The van der Waals surface area contributed by atoms with Crippen LogP contribution in [0.5, 0.6) is 0 Å². The zero-order valence-electron chi connectivity index (χ0n) is 18.7. The van der Waals surface area contributed by atoms with Crippen molar-refractivity contribution >= 4 is 5.95 Å². The summed E-state index contributed by atoms with van der Waals surface area (Å²) in [7, 11) is 1.66. The third-order valence-corrected chi connectivity index (χ3v) is 5.94. The van der Waals surface area contributed by atoms with Gasteiger partial charge in [-0.25, -0.2) is 9.97 Å². The first-order valence-electron chi connectivity index (χ1n) is 10.5. The molecule has 3 aromatic heterocycles. The van der Waals surface area contributed by atoms with E-state index in [4.69, 9.17) is 20.0 Å². The van der Waals surface area contributed by atoms with Crippen molar-refractivity contribution in [2.24, 2.45) is 5.92 Å². The summed E-state index contributed by atoms with van der Waals surface area (Å²) in [6.07, 6.45) is 7.05. The quantitative estimate of drug-likeness (QED) is 0.448. The normalized spacial score (nSPS) is 13.4. The Morgan fingerprint density at radius 3 is 2.44 bits per heavy atom. The van der Waals surface area contributed by atoms with E-state index in [0.29, 0.717) is 24.9 Å². The molecular formula is C23H27N7O2. The molecule has 0 aliphatic heterocycles. The average Bonchev–Trinajstić information content (AvgIpc) is 3.47. The van der Waals surface area contributed by atoms with Gasteiger partial charge in [0.2, 0.25) is 5.95 Å². The van der Waals surface area contributed by atoms with E-state index in [2.05, 4.69) is 53.1 Å². The molecule has 4 aromatic rings. The summed E-state index contributed by atoms with van der Waals surface area (Å²) in [5, 5.41) is 8.67. The molecule has 0 bridgehead atoms. The minimum absolute atomic E-state index is 0.225. The molecule has 0 spiro atoms. The summed E-state index contributed by atoms with van der Waals surface area (Å²) in [6, 6.07) is 8.27. The van der Waals surface area contributed by atoms with Crippen LogP contribution < -0.4 is 5.73 Å². The van der Waals surface area contributed by atoms with Gasteiger partial charge < -0.3 is 15.0 Å². The van der Waals surface area contributed by atoms with Gasteiger partial charge in [-0.1, -0.05) is 43.3 Å². The van der Waals surface area contributed by atoms with Gasteiger partial charge in [0.15, 0.2) is 5.82 Å². The summed E-state index contributed by atoms with van der Waals surface area (Å²) in [5.74, 6) is 1.57. The van der Waals surface area contributed by atoms with Crippen LogP contribution in [-0.2, 0) is 16.7 Å². The number of methoxy groups -OCH3 is 1. The Labute approximate surface area is 186 Å². The van der Waals surface area contributed by atoms with Crippen molar-refractivity contribution in [2.45, 2.75) is 32.7 Å². The van der Waals surface area contributed by atoms with Crippen molar-refractivity contribution in [3.63, 3.8) is 0 Å². The number of nitrogen functional groups attached to an aromatic ring is 1. The minimum atomic E-state index is -0.441. The fourth-order valence-corrected chi connectivity index (χ4v) is 3.55. The van der Waals surface area contributed by atoms with Crippen molar-refractivity contribution < 1.29 is 9.26 Å². The van der Waals surface area contributed by atoms with Crippen molar-refractivity contribution in [3.8, 4) is 22.6 Å². The van der Waals surface area contributed by atoms with E-state index in [1.54, 1.807) is 30.4 Å². The van der Waals surface area contributed by atoms with E-state index in [9.17, 15) is 0 Å². The van der Waals surface area contributed by atoms with Gasteiger partial charge in [-0.15, -0.1) is 0 Å². The van der Waals surface area contributed by atoms with E-state index in [0.717, 1.165) is 22.3 Å². The van der Waals surface area contributed by atoms with Crippen molar-refractivity contribution in [3.05, 3.63) is 60.4 Å². The highest BCUT2D eigenvalue weighted by atomic mass is 16.5. The highest BCUT2D eigenvalue weighted by Crippen LogP contribution is 2.38. The van der Waals surface area contributed by atoms with Gasteiger partial charge in [0.05, 0.1) is 30.3 Å². The first-order valence-corrected chi connectivity index (χ1v) is 10.5. The summed E-state index contributed by atoms with van der Waals surface area (Å²) in [5.41, 5.74) is 8.95. The second kappa shape index (κ2) is 8.88. The number of hydrogen-bond donors (Lipinski definition) is 1. The Kier molecular flexibility index (Phi) is 6.00. The van der Waals surface area contributed by atoms with Crippen molar-refractivity contribution in [1.29, 1.82) is 0 Å². The summed E-state index contributed by atoms with van der Waals surface area (Å²) in [4.78, 5) is 12.9. The largest absolute Gasteiger partial charge is 0.383 e. The van der Waals surface area contributed by atoms with Crippen LogP contribution in [0.3, 0.4) is 0 Å². The van der Waals surface area contributed by atoms with E-state index < -0.39 is 5.41 Å². The van der Waals surface area contributed by atoms with Gasteiger partial charge in [-0.2, -0.15) is 10.1 Å². The second-order valence-corrected chi connectivity index (χ2v) is 8.17. The predicted molar refractivity (Wildman–Crippen MR) is 121 cm³/mol. The van der Waals surface area contributed by atoms with E-state index in [1.807, 2.05) is 18.3 Å². The Morgan fingerprint density at radius 1 is 1.06 bits per heavy atom. The molecular weight excluding hydrogens is 406 g/mol. The van der Waals surface area contributed by atoms with Gasteiger partial charge in [0.25, 0.3) is 5.89 Å². The topological polar surface area (TPSA) is 118 Å². The lowest BCUT2D eigenvalue weighted by molar-refractivity contribution is 0.183. The highest BCUT2D eigenvalue weighted by molar-refractivity contribution is 5.62. The fourth-order valence-electron chi connectivity index (χ4n) is 3.55. The Hall–Kier alpha value is -3.59. The fraction of sp³-hybridized carbons (Fsp3) is 0.348. The molecule has 0 unspecified atom stereocenters. The van der Waals surface area contributed by atoms with Crippen LogP contribution in [0, 0.1) is 5.92 Å². The summed E-state index contributed by atoms with van der Waals surface area (Å²) in [6.45, 7) is 7.68. The minimum Gasteiger partial charge on any atom is -0.383 e. The van der Waals surface area contributed by atoms with Crippen molar-refractivity contribution in [2.75, 3.05) is 19.5 Å². The molecule has 0 amide bonds. The third-order valence-electron chi connectivity index (χ3n) is 5.94. The maximum absolute atomic E-state index is 5.62. The molecule has 1 aromatic carbocycles. The Morgan fingerprint density at radius 2 is 1.78 bits per heavy atom. The SMILES string of the molecule is COCCn1cc(-c2nc([C@@](C)(c3ccc(-c4cnc(N)nc4)cc3)C(C)C)no2)cn1. The molecule has 0 saturated carbocycles. The van der Waals surface area contributed by atoms with Crippen LogP contribution in [0.1, 0.15) is 32.2 Å². The van der Waals surface area contributed by atoms with Crippen LogP contribution in [0.4, 0.5) is 5.95 Å². The zero-order valence-corrected chi connectivity index (χ0v) is 18.7. The first-order chi connectivity index (χ1) is 15.4. The second-order valence-electron chi connectivity index (χ2n) is 8.17. The molecule has 9 heteroatoms. The van der Waals surface area contributed by atoms with E-state index in [-0.39, 0.29) is 11.9 Å². The molecule has 0 saturated heterocycles. The molecule has 4 rings (SSSR count). The molecule has 1 atom stereocenters. The molecule has 0 aliphatic carbocycles. The molecule has 0 fully saturated rings. The number of nitrogens with zero attached hydrogens (tertiary/aromatic N) is 6. The van der Waals surface area contributed by atoms with Crippen LogP contribution in [0.15, 0.2) is 53.6 Å². The highest BCUT2D eigenvalue weighted by Gasteiger charge is 2.37. The molecule has 166 valence electrons. The lowest BCUT2D eigenvalue weighted by Crippen LogP contribution is -2.31. The predicted octanol–water partition coefficient (Wildman–Crippen LogP) is 3.58. The van der Waals surface area contributed by atoms with Gasteiger partial charge >= 0.3 is 0 Å². The van der Waals surface area contributed by atoms with Gasteiger partial charge in [0.1, 0.15) is 0 Å². The zero-order chi connectivity index (χ0) is 22.7. The van der Waals surface area contributed by atoms with E-state index >= 15 is 0 Å². The van der Waals surface area contributed by atoms with Crippen LogP contribution >= 0.6 is 0 Å². The molecule has 0 aliphatic rings. The smallest absolute Gasteiger partial charge is 0.261 e. The maximum Gasteiger partial charge on any atom is 0.261 e. The number of aromatic nitrogens is 6. The Bertz CT molecular complexity index is 1170. The summed E-state index contributed by atoms with van der Waals surface area (Å²) < 4.78 is 12.5. The lowest BCUT2D eigenvalue weighted by atomic mass is 9.72. The number of benzene rings is 1. The number of rotatable bonds is 8. The first kappa shape index (κ1) is 21.6. The van der Waals surface area contributed by atoms with Gasteiger partial charge in [-0.05, 0) is 24.0 Å². The lowest BCUT2D eigenvalue weighted by Gasteiger charge is -2.31. The average molecular weight is 434 g/mol. The number of hydrogen-bond acceptors (Lipinski definition) is 8. The van der Waals surface area contributed by atoms with E-state index in [1.165, 1.54) is 0 Å². The maximum atomic E-state index is 5.62. The summed E-state index contributed by atoms with van der Waals surface area (Å²) >= 11 is 0. The molecule has 9 nitrogen and oxygen atoms in total. The molecule has 0 radical (unpaired) electrons. The molecule has 3 heterocycles. The van der Waals surface area contributed by atoms with Crippen LogP contribution in [0.2, 0.25) is 0 Å². The molecule has 2 N–H and O–H groups in total. The van der Waals surface area contributed by atoms with Crippen molar-refractivity contribution in [1.82, 2.24) is 29.9 Å². The van der Waals surface area contributed by atoms with Crippen LogP contribution in [-0.4, -0.2) is 43.6 Å².